The molecule has 10 nitrogen and oxygen atoms in total. The summed E-state index contributed by atoms with van der Waals surface area (Å²) < 4.78 is 68.4. The van der Waals surface area contributed by atoms with Crippen LogP contribution in [0.5, 0.6) is 11.6 Å². The molecular weight excluding hydrogens is 517 g/mol. The molecule has 4 rings (SSSR count). The molecule has 2 N–H and O–H groups in total. The third kappa shape index (κ3) is 5.48. The van der Waals surface area contributed by atoms with Crippen molar-refractivity contribution in [2.45, 2.75) is 16.9 Å². The van der Waals surface area contributed by atoms with Gasteiger partial charge in [0.2, 0.25) is 5.88 Å². The van der Waals surface area contributed by atoms with E-state index in [1.807, 2.05) is 0 Å². The number of hydrogen-bond acceptors (Lipinski definition) is 7. The van der Waals surface area contributed by atoms with Crippen LogP contribution in [0.4, 0.5) is 23.8 Å². The van der Waals surface area contributed by atoms with Crippen molar-refractivity contribution in [1.29, 1.82) is 0 Å². The highest BCUT2D eigenvalue weighted by Gasteiger charge is 2.46. The van der Waals surface area contributed by atoms with E-state index in [-0.39, 0.29) is 18.1 Å². The summed E-state index contributed by atoms with van der Waals surface area (Å²) in [6, 6.07) is 14.7. The van der Waals surface area contributed by atoms with Crippen LogP contribution in [0.1, 0.15) is 5.56 Å². The fourth-order valence-electron chi connectivity index (χ4n) is 3.31. The van der Waals surface area contributed by atoms with Crippen molar-refractivity contribution in [3.8, 4) is 17.3 Å². The molecule has 0 aliphatic rings. The molecule has 0 unspecified atom stereocenters. The molecule has 37 heavy (non-hydrogen) atoms. The van der Waals surface area contributed by atoms with Crippen molar-refractivity contribution in [1.82, 2.24) is 14.1 Å². The summed E-state index contributed by atoms with van der Waals surface area (Å²) >= 11 is 0. The molecule has 0 atom stereocenters. The number of aromatic nitrogens is 3. The Labute approximate surface area is 207 Å². The maximum atomic E-state index is 12.9. The quantitative estimate of drug-likeness (QED) is 0.386. The number of ether oxygens (including phenoxy) is 1. The number of anilines is 1. The van der Waals surface area contributed by atoms with E-state index < -0.39 is 37.9 Å². The zero-order valence-corrected chi connectivity index (χ0v) is 19.4. The number of halogens is 3. The van der Waals surface area contributed by atoms with Crippen LogP contribution in [-0.4, -0.2) is 39.2 Å². The highest BCUT2D eigenvalue weighted by Crippen LogP contribution is 2.30. The van der Waals surface area contributed by atoms with Gasteiger partial charge < -0.3 is 9.84 Å². The Hall–Kier alpha value is -4.59. The first-order valence-electron chi connectivity index (χ1n) is 10.4. The molecule has 192 valence electrons. The Morgan fingerprint density at radius 3 is 2.38 bits per heavy atom. The number of benzene rings is 2. The number of pyridine rings is 1. The Morgan fingerprint density at radius 2 is 1.73 bits per heavy atom. The van der Waals surface area contributed by atoms with Crippen molar-refractivity contribution >= 4 is 21.7 Å². The molecular formula is C23H17F3N4O6S. The number of rotatable bonds is 6. The van der Waals surface area contributed by atoms with Gasteiger partial charge in [0.05, 0.1) is 23.3 Å². The molecule has 2 aromatic heterocycles. The largest absolute Gasteiger partial charge is 0.501 e. The van der Waals surface area contributed by atoms with Crippen LogP contribution in [0.2, 0.25) is 0 Å². The number of imidazole rings is 1. The predicted molar refractivity (Wildman–Crippen MR) is 124 cm³/mol. The maximum absolute atomic E-state index is 12.9. The van der Waals surface area contributed by atoms with Gasteiger partial charge in [-0.2, -0.15) is 13.2 Å². The molecule has 0 saturated carbocycles. The van der Waals surface area contributed by atoms with Crippen LogP contribution < -0.4 is 15.7 Å². The number of sulfone groups is 1. The fourth-order valence-corrected chi connectivity index (χ4v) is 4.07. The van der Waals surface area contributed by atoms with Gasteiger partial charge in [-0.05, 0) is 54.1 Å². The van der Waals surface area contributed by atoms with Crippen LogP contribution in [0.15, 0.2) is 88.8 Å². The summed E-state index contributed by atoms with van der Waals surface area (Å²) in [5, 5.41) is 12.7. The zero-order valence-electron chi connectivity index (χ0n) is 18.6. The summed E-state index contributed by atoms with van der Waals surface area (Å²) in [6.45, 7) is -0.0646. The predicted octanol–water partition coefficient (Wildman–Crippen LogP) is 3.69. The van der Waals surface area contributed by atoms with Crippen LogP contribution in [0, 0.1) is 0 Å². The van der Waals surface area contributed by atoms with Gasteiger partial charge in [0.1, 0.15) is 11.6 Å². The monoisotopic (exact) mass is 534 g/mol. The Bertz CT molecular complexity index is 1600. The molecule has 0 saturated heterocycles. The average molecular weight is 534 g/mol. The number of amides is 1. The van der Waals surface area contributed by atoms with Crippen molar-refractivity contribution in [2.24, 2.45) is 0 Å². The van der Waals surface area contributed by atoms with Gasteiger partial charge in [-0.15, -0.1) is 0 Å². The molecule has 0 fully saturated rings. The normalized spacial score (nSPS) is 11.8. The molecule has 0 radical (unpaired) electrons. The van der Waals surface area contributed by atoms with Gasteiger partial charge >= 0.3 is 17.3 Å². The Balaban J connectivity index is 1.52. The maximum Gasteiger partial charge on any atom is 0.501 e. The number of para-hydroxylation sites is 1. The minimum Gasteiger partial charge on any atom is -0.493 e. The van der Waals surface area contributed by atoms with Gasteiger partial charge in [-0.25, -0.2) is 27.6 Å². The summed E-state index contributed by atoms with van der Waals surface area (Å²) in [6.07, 6.45) is 1.70. The lowest BCUT2D eigenvalue weighted by atomic mass is 10.2. The third-order valence-electron chi connectivity index (χ3n) is 5.01. The third-order valence-corrected chi connectivity index (χ3v) is 6.51. The van der Waals surface area contributed by atoms with Crippen molar-refractivity contribution in [3.63, 3.8) is 0 Å². The van der Waals surface area contributed by atoms with E-state index >= 15 is 0 Å². The lowest BCUT2D eigenvalue weighted by Crippen LogP contribution is -2.24. The van der Waals surface area contributed by atoms with Crippen molar-refractivity contribution < 1.29 is 36.2 Å². The lowest BCUT2D eigenvalue weighted by Gasteiger charge is -2.09. The van der Waals surface area contributed by atoms with E-state index in [1.54, 1.807) is 36.4 Å². The van der Waals surface area contributed by atoms with Crippen LogP contribution in [-0.2, 0) is 16.4 Å². The van der Waals surface area contributed by atoms with E-state index in [2.05, 4.69) is 10.3 Å². The molecule has 1 amide bonds. The second-order valence-corrected chi connectivity index (χ2v) is 9.49. The summed E-state index contributed by atoms with van der Waals surface area (Å²) in [5.74, 6) is -0.0737. The molecule has 2 aromatic carbocycles. The molecule has 2 heterocycles. The smallest absolute Gasteiger partial charge is 0.493 e. The summed E-state index contributed by atoms with van der Waals surface area (Å²) in [7, 11) is -5.56. The topological polar surface area (TPSA) is 133 Å². The van der Waals surface area contributed by atoms with E-state index in [0.29, 0.717) is 23.4 Å². The standard InChI is InChI=1S/C23H17F3N4O6S/c24-23(25,26)37(34,35)18-8-6-16(7-9-18)30-20(31)14-29(22(30)33)13-15-10-11-27-19(12-15)28-21(32)36-17-4-2-1-3-5-17/h1-12,14,31H,13H2,(H,27,28,32). The highest BCUT2D eigenvalue weighted by atomic mass is 32.2. The first kappa shape index (κ1) is 25.5. The van der Waals surface area contributed by atoms with Gasteiger partial charge in [-0.3, -0.25) is 9.88 Å². The molecule has 4 aromatic rings. The van der Waals surface area contributed by atoms with Gasteiger partial charge in [0, 0.05) is 6.20 Å². The molecule has 0 aliphatic carbocycles. The van der Waals surface area contributed by atoms with E-state index in [1.165, 1.54) is 12.3 Å². The number of aromatic hydroxyl groups is 1. The van der Waals surface area contributed by atoms with Gasteiger partial charge in [0.15, 0.2) is 0 Å². The number of carbonyl (C=O) groups excluding carboxylic acids is 1. The minimum atomic E-state index is -5.56. The average Bonchev–Trinajstić information content (AvgIpc) is 3.11. The number of carbonyl (C=O) groups is 1. The first-order chi connectivity index (χ1) is 17.5. The van der Waals surface area contributed by atoms with Crippen molar-refractivity contribution in [2.75, 3.05) is 5.32 Å². The zero-order chi connectivity index (χ0) is 26.8. The van der Waals surface area contributed by atoms with Crippen LogP contribution >= 0.6 is 0 Å². The second kappa shape index (κ2) is 9.81. The Morgan fingerprint density at radius 1 is 1.05 bits per heavy atom. The van der Waals surface area contributed by atoms with E-state index in [9.17, 15) is 36.3 Å². The minimum absolute atomic E-state index is 0.0527. The number of nitrogens with zero attached hydrogens (tertiary/aromatic N) is 3. The second-order valence-electron chi connectivity index (χ2n) is 7.55. The van der Waals surface area contributed by atoms with Gasteiger partial charge in [0.25, 0.3) is 9.84 Å². The number of hydrogen-bond donors (Lipinski definition) is 2. The van der Waals surface area contributed by atoms with Gasteiger partial charge in [-0.1, -0.05) is 18.2 Å². The van der Waals surface area contributed by atoms with Crippen molar-refractivity contribution in [3.05, 3.63) is 95.2 Å². The summed E-state index contributed by atoms with van der Waals surface area (Å²) in [5.41, 5.74) is -5.77. The van der Waals surface area contributed by atoms with E-state index in [4.69, 9.17) is 4.74 Å². The SMILES string of the molecule is O=C(Nc1cc(Cn2cc(O)n(-c3ccc(S(=O)(=O)C(F)(F)F)cc3)c2=O)ccn1)Oc1ccccc1. The lowest BCUT2D eigenvalue weighted by molar-refractivity contribution is -0.0436. The summed E-state index contributed by atoms with van der Waals surface area (Å²) in [4.78, 5) is 28.0. The van der Waals surface area contributed by atoms with E-state index in [0.717, 1.165) is 27.5 Å². The first-order valence-corrected chi connectivity index (χ1v) is 11.9. The number of alkyl halides is 3. The molecule has 0 aliphatic heterocycles. The fraction of sp³-hybridized carbons (Fsp3) is 0.0870. The van der Waals surface area contributed by atoms with Crippen LogP contribution in [0.3, 0.4) is 0 Å². The highest BCUT2D eigenvalue weighted by molar-refractivity contribution is 7.92. The molecule has 0 spiro atoms. The number of nitrogens with one attached hydrogen (secondary N) is 1. The molecule has 14 heteroatoms. The Kier molecular flexibility index (Phi) is 6.76. The van der Waals surface area contributed by atoms with Crippen LogP contribution in [0.25, 0.3) is 5.69 Å². The molecule has 0 bridgehead atoms.